The van der Waals surface area contributed by atoms with E-state index in [1.54, 1.807) is 12.1 Å². The fourth-order valence-electron chi connectivity index (χ4n) is 1.77. The summed E-state index contributed by atoms with van der Waals surface area (Å²) in [5.74, 6) is -1.07. The van der Waals surface area contributed by atoms with E-state index < -0.39 is 15.8 Å². The Morgan fingerprint density at radius 1 is 1.15 bits per heavy atom. The normalized spacial score (nSPS) is 11.3. The van der Waals surface area contributed by atoms with Gasteiger partial charge in [0.1, 0.15) is 0 Å². The second kappa shape index (κ2) is 5.26. The van der Waals surface area contributed by atoms with Crippen molar-refractivity contribution in [2.24, 2.45) is 0 Å². The highest BCUT2D eigenvalue weighted by Crippen LogP contribution is 2.30. The number of aromatic carboxylic acids is 1. The Kier molecular flexibility index (Phi) is 3.83. The number of benzene rings is 2. The highest BCUT2D eigenvalue weighted by Gasteiger charge is 2.12. The summed E-state index contributed by atoms with van der Waals surface area (Å²) in [6, 6.07) is 10.5. The van der Waals surface area contributed by atoms with Gasteiger partial charge in [-0.1, -0.05) is 23.7 Å². The zero-order chi connectivity index (χ0) is 14.9. The lowest BCUT2D eigenvalue weighted by Gasteiger charge is -2.07. The van der Waals surface area contributed by atoms with Crippen molar-refractivity contribution in [3.63, 3.8) is 0 Å². The van der Waals surface area contributed by atoms with Crippen LogP contribution >= 0.6 is 11.6 Å². The van der Waals surface area contributed by atoms with Crippen LogP contribution in [-0.4, -0.2) is 25.7 Å². The number of sulfone groups is 1. The van der Waals surface area contributed by atoms with Crippen LogP contribution in [0.5, 0.6) is 0 Å². The summed E-state index contributed by atoms with van der Waals surface area (Å²) in [6.07, 6.45) is 1.11. The number of carbonyl (C=O) groups is 1. The number of hydrogen-bond acceptors (Lipinski definition) is 3. The highest BCUT2D eigenvalue weighted by atomic mass is 35.5. The monoisotopic (exact) mass is 310 g/mol. The third-order valence-corrected chi connectivity index (χ3v) is 4.23. The first-order valence-corrected chi connectivity index (χ1v) is 7.89. The third kappa shape index (κ3) is 3.00. The molecule has 1 N–H and O–H groups in total. The van der Waals surface area contributed by atoms with Gasteiger partial charge >= 0.3 is 5.97 Å². The number of carboxylic acids is 1. The van der Waals surface area contributed by atoms with Crippen molar-refractivity contribution in [3.8, 4) is 11.1 Å². The molecular weight excluding hydrogens is 300 g/mol. The number of halogens is 1. The maximum absolute atomic E-state index is 11.5. The van der Waals surface area contributed by atoms with Crippen LogP contribution in [0.25, 0.3) is 11.1 Å². The van der Waals surface area contributed by atoms with Crippen molar-refractivity contribution < 1.29 is 18.3 Å². The lowest BCUT2D eigenvalue weighted by atomic mass is 10.0. The molecule has 0 aromatic heterocycles. The topological polar surface area (TPSA) is 71.4 Å². The van der Waals surface area contributed by atoms with Gasteiger partial charge in [0.15, 0.2) is 9.84 Å². The maximum Gasteiger partial charge on any atom is 0.335 e. The summed E-state index contributed by atoms with van der Waals surface area (Å²) in [5, 5.41) is 9.35. The van der Waals surface area contributed by atoms with Gasteiger partial charge in [0.2, 0.25) is 0 Å². The van der Waals surface area contributed by atoms with Crippen molar-refractivity contribution in [2.75, 3.05) is 6.26 Å². The fraction of sp³-hybridized carbons (Fsp3) is 0.0714. The molecule has 0 saturated carbocycles. The average molecular weight is 311 g/mol. The van der Waals surface area contributed by atoms with Crippen molar-refractivity contribution >= 4 is 27.4 Å². The minimum absolute atomic E-state index is 0.0918. The molecule has 6 heteroatoms. The molecule has 0 radical (unpaired) electrons. The Labute approximate surface area is 121 Å². The smallest absolute Gasteiger partial charge is 0.335 e. The van der Waals surface area contributed by atoms with Gasteiger partial charge in [-0.25, -0.2) is 13.2 Å². The molecule has 0 bridgehead atoms. The van der Waals surface area contributed by atoms with Crippen LogP contribution in [0.4, 0.5) is 0 Å². The average Bonchev–Trinajstić information content (AvgIpc) is 2.38. The van der Waals surface area contributed by atoms with Gasteiger partial charge in [0, 0.05) is 16.8 Å². The van der Waals surface area contributed by atoms with Crippen LogP contribution in [0.1, 0.15) is 10.4 Å². The van der Waals surface area contributed by atoms with Crippen molar-refractivity contribution in [2.45, 2.75) is 4.90 Å². The predicted octanol–water partition coefficient (Wildman–Crippen LogP) is 3.11. The second-order valence-corrected chi connectivity index (χ2v) is 6.72. The quantitative estimate of drug-likeness (QED) is 0.945. The van der Waals surface area contributed by atoms with E-state index >= 15 is 0 Å². The van der Waals surface area contributed by atoms with E-state index in [1.165, 1.54) is 30.3 Å². The molecular formula is C14H11ClO4S. The maximum atomic E-state index is 11.5. The molecule has 0 aliphatic carbocycles. The van der Waals surface area contributed by atoms with Gasteiger partial charge in [-0.05, 0) is 35.9 Å². The molecule has 0 aliphatic rings. The number of rotatable bonds is 3. The lowest BCUT2D eigenvalue weighted by Crippen LogP contribution is -1.98. The van der Waals surface area contributed by atoms with E-state index in [2.05, 4.69) is 0 Å². The Hall–Kier alpha value is -1.85. The zero-order valence-electron chi connectivity index (χ0n) is 10.5. The molecule has 0 spiro atoms. The van der Waals surface area contributed by atoms with Crippen molar-refractivity contribution in [3.05, 3.63) is 53.1 Å². The summed E-state index contributed by atoms with van der Waals surface area (Å²) < 4.78 is 23.1. The van der Waals surface area contributed by atoms with Crippen LogP contribution < -0.4 is 0 Å². The molecule has 0 aliphatic heterocycles. The van der Waals surface area contributed by atoms with E-state index in [9.17, 15) is 13.2 Å². The Balaban J connectivity index is 2.62. The Morgan fingerprint density at radius 3 is 2.45 bits per heavy atom. The molecule has 2 rings (SSSR count). The fourth-order valence-corrected chi connectivity index (χ4v) is 2.67. The van der Waals surface area contributed by atoms with Crippen molar-refractivity contribution in [1.82, 2.24) is 0 Å². The molecule has 0 amide bonds. The van der Waals surface area contributed by atoms with Gasteiger partial charge in [-0.3, -0.25) is 0 Å². The largest absolute Gasteiger partial charge is 0.478 e. The minimum atomic E-state index is -3.33. The molecule has 2 aromatic rings. The molecule has 20 heavy (non-hydrogen) atoms. The Bertz CT molecular complexity index is 782. The molecule has 4 nitrogen and oxygen atoms in total. The predicted molar refractivity (Wildman–Crippen MR) is 77.0 cm³/mol. The van der Waals surface area contributed by atoms with Crippen molar-refractivity contribution in [1.29, 1.82) is 0 Å². The van der Waals surface area contributed by atoms with Gasteiger partial charge in [-0.15, -0.1) is 0 Å². The van der Waals surface area contributed by atoms with Gasteiger partial charge in [0.25, 0.3) is 0 Å². The SMILES string of the molecule is CS(=O)(=O)c1cccc(-c2cc(C(=O)O)ccc2Cl)c1. The first-order chi connectivity index (χ1) is 9.29. The van der Waals surface area contributed by atoms with Crippen LogP contribution in [0.3, 0.4) is 0 Å². The number of hydrogen-bond donors (Lipinski definition) is 1. The molecule has 104 valence electrons. The van der Waals surface area contributed by atoms with Crippen LogP contribution in [0.15, 0.2) is 47.4 Å². The molecule has 0 atom stereocenters. The standard InChI is InChI=1S/C14H11ClO4S/c1-20(18,19)11-4-2-3-9(7-11)12-8-10(14(16)17)5-6-13(12)15/h2-8H,1H3,(H,16,17). The van der Waals surface area contributed by atoms with Crippen LogP contribution in [0, 0.1) is 0 Å². The van der Waals surface area contributed by atoms with E-state index in [1.807, 2.05) is 0 Å². The summed E-state index contributed by atoms with van der Waals surface area (Å²) >= 11 is 6.06. The molecule has 0 unspecified atom stereocenters. The zero-order valence-corrected chi connectivity index (χ0v) is 12.1. The van der Waals surface area contributed by atoms with E-state index in [0.29, 0.717) is 16.1 Å². The first-order valence-electron chi connectivity index (χ1n) is 5.62. The van der Waals surface area contributed by atoms with E-state index in [4.69, 9.17) is 16.7 Å². The summed E-state index contributed by atoms with van der Waals surface area (Å²) in [6.45, 7) is 0. The van der Waals surface area contributed by atoms with Gasteiger partial charge in [0.05, 0.1) is 10.5 Å². The molecule has 0 saturated heterocycles. The lowest BCUT2D eigenvalue weighted by molar-refractivity contribution is 0.0697. The minimum Gasteiger partial charge on any atom is -0.478 e. The summed E-state index contributed by atoms with van der Waals surface area (Å²) in [5.41, 5.74) is 1.13. The highest BCUT2D eigenvalue weighted by molar-refractivity contribution is 7.90. The molecule has 2 aromatic carbocycles. The van der Waals surface area contributed by atoms with E-state index in [-0.39, 0.29) is 10.5 Å². The van der Waals surface area contributed by atoms with E-state index in [0.717, 1.165) is 6.26 Å². The van der Waals surface area contributed by atoms with Crippen LogP contribution in [0.2, 0.25) is 5.02 Å². The first kappa shape index (κ1) is 14.6. The van der Waals surface area contributed by atoms with Gasteiger partial charge < -0.3 is 5.11 Å². The molecule has 0 heterocycles. The second-order valence-electron chi connectivity index (χ2n) is 4.30. The molecule has 0 fully saturated rings. The Morgan fingerprint density at radius 2 is 1.85 bits per heavy atom. The summed E-state index contributed by atoms with van der Waals surface area (Å²) in [7, 11) is -3.33. The van der Waals surface area contributed by atoms with Crippen LogP contribution in [-0.2, 0) is 9.84 Å². The van der Waals surface area contributed by atoms with Gasteiger partial charge in [-0.2, -0.15) is 0 Å². The number of carboxylic acid groups (broad SMARTS) is 1. The summed E-state index contributed by atoms with van der Waals surface area (Å²) in [4.78, 5) is 11.1. The third-order valence-electron chi connectivity index (χ3n) is 2.79.